The van der Waals surface area contributed by atoms with Crippen LogP contribution in [0.2, 0.25) is 0 Å². The van der Waals surface area contributed by atoms with Crippen LogP contribution in [0.1, 0.15) is 99.5 Å². The maximum atomic E-state index is 2.33. The molecule has 0 amide bonds. The van der Waals surface area contributed by atoms with Crippen molar-refractivity contribution in [3.05, 3.63) is 35.9 Å². The Bertz CT molecular complexity index is 462. The lowest BCUT2D eigenvalue weighted by molar-refractivity contribution is 0.512. The summed E-state index contributed by atoms with van der Waals surface area (Å²) >= 11 is 0. The zero-order chi connectivity index (χ0) is 20.6. The van der Waals surface area contributed by atoms with E-state index in [-0.39, 0.29) is 0 Å². The summed E-state index contributed by atoms with van der Waals surface area (Å²) in [5.41, 5.74) is 1.45. The Morgan fingerprint density at radius 3 is 1.33 bits per heavy atom. The Kier molecular flexibility index (Phi) is 10.7. The molecule has 2 aliphatic carbocycles. The topological polar surface area (TPSA) is 0 Å². The van der Waals surface area contributed by atoms with Gasteiger partial charge >= 0.3 is 0 Å². The molecule has 1 aromatic rings. The van der Waals surface area contributed by atoms with E-state index in [1.165, 1.54) is 31.2 Å². The van der Waals surface area contributed by atoms with Crippen molar-refractivity contribution in [1.82, 2.24) is 0 Å². The van der Waals surface area contributed by atoms with E-state index >= 15 is 0 Å². The summed E-state index contributed by atoms with van der Waals surface area (Å²) in [6.07, 6.45) is 5.83. The van der Waals surface area contributed by atoms with Crippen LogP contribution in [-0.2, 0) is 0 Å². The van der Waals surface area contributed by atoms with Gasteiger partial charge in [-0.1, -0.05) is 105 Å². The van der Waals surface area contributed by atoms with Crippen LogP contribution in [0, 0.1) is 41.4 Å². The van der Waals surface area contributed by atoms with Crippen molar-refractivity contribution in [1.29, 1.82) is 0 Å². The van der Waals surface area contributed by atoms with E-state index in [2.05, 4.69) is 92.6 Å². The Balaban J connectivity index is 0.000000206. The average Bonchev–Trinajstić information content (AvgIpc) is 3.55. The van der Waals surface area contributed by atoms with E-state index in [1.807, 2.05) is 0 Å². The largest absolute Gasteiger partial charge is 0.0651 e. The van der Waals surface area contributed by atoms with Gasteiger partial charge in [0.05, 0.1) is 0 Å². The summed E-state index contributed by atoms with van der Waals surface area (Å²) < 4.78 is 0. The highest BCUT2D eigenvalue weighted by Crippen LogP contribution is 2.46. The zero-order valence-corrected chi connectivity index (χ0v) is 19.8. The van der Waals surface area contributed by atoms with Crippen LogP contribution in [0.3, 0.4) is 0 Å². The summed E-state index contributed by atoms with van der Waals surface area (Å²) in [7, 11) is 0. The summed E-state index contributed by atoms with van der Waals surface area (Å²) in [4.78, 5) is 0. The highest BCUT2D eigenvalue weighted by molar-refractivity contribution is 5.18. The van der Waals surface area contributed by atoms with Gasteiger partial charge in [-0.25, -0.2) is 0 Å². The molecule has 0 radical (unpaired) electrons. The third-order valence-electron chi connectivity index (χ3n) is 7.04. The fourth-order valence-corrected chi connectivity index (χ4v) is 4.26. The first kappa shape index (κ1) is 24.3. The average molecular weight is 373 g/mol. The molecule has 0 aliphatic heterocycles. The Hall–Kier alpha value is -0.780. The molecule has 3 rings (SSSR count). The van der Waals surface area contributed by atoms with E-state index in [0.717, 1.165) is 41.4 Å². The van der Waals surface area contributed by atoms with Gasteiger partial charge in [0.2, 0.25) is 0 Å². The van der Waals surface area contributed by atoms with Crippen LogP contribution in [0.5, 0.6) is 0 Å². The summed E-state index contributed by atoms with van der Waals surface area (Å²) in [6.45, 7) is 20.7. The van der Waals surface area contributed by atoms with E-state index in [9.17, 15) is 0 Å². The fourth-order valence-electron chi connectivity index (χ4n) is 4.26. The van der Waals surface area contributed by atoms with Gasteiger partial charge in [0.15, 0.2) is 0 Å². The number of rotatable bonds is 6. The molecule has 0 saturated heterocycles. The minimum atomic E-state index is 0.677. The lowest BCUT2D eigenvalue weighted by Gasteiger charge is -2.15. The number of benzene rings is 1. The molecule has 0 heterocycles. The molecule has 0 N–H and O–H groups in total. The normalized spacial score (nSPS) is 26.8. The Morgan fingerprint density at radius 1 is 0.704 bits per heavy atom. The molecule has 0 unspecified atom stereocenters. The van der Waals surface area contributed by atoms with E-state index in [4.69, 9.17) is 0 Å². The first-order chi connectivity index (χ1) is 12.7. The second-order valence-electron chi connectivity index (χ2n) is 10.1. The quantitative estimate of drug-likeness (QED) is 0.468. The van der Waals surface area contributed by atoms with Crippen LogP contribution in [0.4, 0.5) is 0 Å². The Labute approximate surface area is 171 Å². The summed E-state index contributed by atoms with van der Waals surface area (Å²) in [5.74, 6) is 7.65. The molecule has 27 heavy (non-hydrogen) atoms. The highest BCUT2D eigenvalue weighted by atomic mass is 14.4. The van der Waals surface area contributed by atoms with Crippen molar-refractivity contribution in [2.45, 2.75) is 93.9 Å². The molecule has 0 spiro atoms. The van der Waals surface area contributed by atoms with Crippen LogP contribution < -0.4 is 0 Å². The SMILES string of the molecule is CC(C)[C@@H](C)c1ccccc1.CC[C@@H]1C[C@H]1C(C)C.CC[C@H]1C[C@@H]1C(C)C. The zero-order valence-electron chi connectivity index (χ0n) is 19.8. The van der Waals surface area contributed by atoms with E-state index in [0.29, 0.717) is 5.92 Å². The number of hydrogen-bond acceptors (Lipinski definition) is 0. The molecule has 0 aromatic heterocycles. The van der Waals surface area contributed by atoms with Gasteiger partial charge in [-0.3, -0.25) is 0 Å². The maximum Gasteiger partial charge on any atom is -0.0167 e. The lowest BCUT2D eigenvalue weighted by atomic mass is 9.91. The van der Waals surface area contributed by atoms with Gasteiger partial charge < -0.3 is 0 Å². The first-order valence-corrected chi connectivity index (χ1v) is 11.8. The first-order valence-electron chi connectivity index (χ1n) is 11.8. The monoisotopic (exact) mass is 372 g/mol. The maximum absolute atomic E-state index is 2.33. The van der Waals surface area contributed by atoms with Crippen LogP contribution in [-0.4, -0.2) is 0 Å². The van der Waals surface area contributed by atoms with Gasteiger partial charge in [-0.15, -0.1) is 0 Å². The third-order valence-corrected chi connectivity index (χ3v) is 7.04. The molecular weight excluding hydrogens is 324 g/mol. The van der Waals surface area contributed by atoms with Crippen LogP contribution in [0.15, 0.2) is 30.3 Å². The van der Waals surface area contributed by atoms with Gasteiger partial charge in [-0.05, 0) is 65.7 Å². The smallest absolute Gasteiger partial charge is 0.0167 e. The molecule has 5 atom stereocenters. The second-order valence-corrected chi connectivity index (χ2v) is 10.1. The Morgan fingerprint density at radius 2 is 1.11 bits per heavy atom. The van der Waals surface area contributed by atoms with Gasteiger partial charge in [-0.2, -0.15) is 0 Å². The van der Waals surface area contributed by atoms with Gasteiger partial charge in [0.25, 0.3) is 0 Å². The van der Waals surface area contributed by atoms with Crippen molar-refractivity contribution in [3.63, 3.8) is 0 Å². The van der Waals surface area contributed by atoms with Crippen molar-refractivity contribution in [2.24, 2.45) is 41.4 Å². The van der Waals surface area contributed by atoms with Gasteiger partial charge in [0.1, 0.15) is 0 Å². The predicted molar refractivity (Wildman–Crippen MR) is 123 cm³/mol. The van der Waals surface area contributed by atoms with Crippen molar-refractivity contribution in [3.8, 4) is 0 Å². The van der Waals surface area contributed by atoms with Crippen LogP contribution >= 0.6 is 0 Å². The van der Waals surface area contributed by atoms with Crippen molar-refractivity contribution < 1.29 is 0 Å². The van der Waals surface area contributed by atoms with Crippen LogP contribution in [0.25, 0.3) is 0 Å². The molecule has 156 valence electrons. The minimum absolute atomic E-state index is 0.677. The highest BCUT2D eigenvalue weighted by Gasteiger charge is 2.37. The third kappa shape index (κ3) is 8.84. The minimum Gasteiger partial charge on any atom is -0.0651 e. The lowest BCUT2D eigenvalue weighted by Crippen LogP contribution is -2.00. The molecule has 2 fully saturated rings. The second kappa shape index (κ2) is 11.9. The van der Waals surface area contributed by atoms with Crippen molar-refractivity contribution >= 4 is 0 Å². The fraction of sp³-hybridized carbons (Fsp3) is 0.778. The molecular formula is C27H48. The van der Waals surface area contributed by atoms with Gasteiger partial charge in [0, 0.05) is 0 Å². The summed E-state index contributed by atoms with van der Waals surface area (Å²) in [6, 6.07) is 10.7. The molecule has 0 bridgehead atoms. The number of hydrogen-bond donors (Lipinski definition) is 0. The van der Waals surface area contributed by atoms with E-state index in [1.54, 1.807) is 0 Å². The standard InChI is InChI=1S/C11H16.2C8H16/c1-9(2)10(3)11-7-5-4-6-8-11;2*1-4-7-5-8(7)6(2)3/h4-10H,1-3H3;2*6-8H,4-5H2,1-3H3/t10-;2*7-,8+/m110/s1. The molecule has 1 aromatic carbocycles. The molecule has 2 saturated carbocycles. The van der Waals surface area contributed by atoms with E-state index < -0.39 is 0 Å². The molecule has 0 heteroatoms. The van der Waals surface area contributed by atoms with Crippen molar-refractivity contribution in [2.75, 3.05) is 0 Å². The molecule has 0 nitrogen and oxygen atoms in total. The predicted octanol–water partition coefficient (Wildman–Crippen LogP) is 8.82. The summed E-state index contributed by atoms with van der Waals surface area (Å²) in [5, 5.41) is 0. The molecule has 2 aliphatic rings.